The lowest BCUT2D eigenvalue weighted by atomic mass is 10.3. The number of hydrogen-bond donors (Lipinski definition) is 1. The van der Waals surface area contributed by atoms with Gasteiger partial charge >= 0.3 is 0 Å². The van der Waals surface area contributed by atoms with Crippen LogP contribution in [0.25, 0.3) is 5.78 Å². The summed E-state index contributed by atoms with van der Waals surface area (Å²) < 4.78 is 28.7. The van der Waals surface area contributed by atoms with Gasteiger partial charge in [0, 0.05) is 11.4 Å². The van der Waals surface area contributed by atoms with Gasteiger partial charge < -0.3 is 0 Å². The highest BCUT2D eigenvalue weighted by molar-refractivity contribution is 7.89. The van der Waals surface area contributed by atoms with Gasteiger partial charge in [0.1, 0.15) is 0 Å². The molecular formula is C14H15N5O2S. The first kappa shape index (κ1) is 14.6. The van der Waals surface area contributed by atoms with Crippen molar-refractivity contribution < 1.29 is 8.42 Å². The van der Waals surface area contributed by atoms with E-state index in [9.17, 15) is 8.42 Å². The lowest BCUT2D eigenvalue weighted by Crippen LogP contribution is -2.24. The average Bonchev–Trinajstić information content (AvgIpc) is 2.89. The highest BCUT2D eigenvalue weighted by atomic mass is 32.2. The van der Waals surface area contributed by atoms with Crippen LogP contribution in [0.1, 0.15) is 17.2 Å². The fourth-order valence-corrected chi connectivity index (χ4v) is 3.26. The number of rotatable bonds is 4. The number of benzene rings is 1. The summed E-state index contributed by atoms with van der Waals surface area (Å²) in [4.78, 5) is 4.49. The minimum absolute atomic E-state index is 0.0456. The number of sulfonamides is 1. The molecule has 2 heterocycles. The zero-order chi connectivity index (χ0) is 15.7. The summed E-state index contributed by atoms with van der Waals surface area (Å²) in [6.45, 7) is 3.82. The van der Waals surface area contributed by atoms with Gasteiger partial charge in [-0.2, -0.15) is 0 Å². The molecule has 7 nitrogen and oxygen atoms in total. The number of nitrogens with zero attached hydrogens (tertiary/aromatic N) is 4. The van der Waals surface area contributed by atoms with Crippen molar-refractivity contribution in [2.45, 2.75) is 25.3 Å². The zero-order valence-corrected chi connectivity index (χ0v) is 13.0. The molecule has 0 aliphatic heterocycles. The van der Waals surface area contributed by atoms with E-state index in [-0.39, 0.29) is 11.4 Å². The average molecular weight is 317 g/mol. The van der Waals surface area contributed by atoms with Crippen molar-refractivity contribution >= 4 is 15.8 Å². The first-order valence-electron chi connectivity index (χ1n) is 6.70. The van der Waals surface area contributed by atoms with E-state index in [0.717, 1.165) is 11.4 Å². The van der Waals surface area contributed by atoms with E-state index < -0.39 is 10.0 Å². The van der Waals surface area contributed by atoms with Crippen LogP contribution in [-0.4, -0.2) is 28.0 Å². The first-order valence-corrected chi connectivity index (χ1v) is 8.19. The highest BCUT2D eigenvalue weighted by Crippen LogP contribution is 2.10. The zero-order valence-electron chi connectivity index (χ0n) is 12.2. The van der Waals surface area contributed by atoms with Gasteiger partial charge in [0.05, 0.1) is 11.4 Å². The van der Waals surface area contributed by atoms with Crippen molar-refractivity contribution in [2.75, 3.05) is 0 Å². The Morgan fingerprint density at radius 3 is 2.59 bits per heavy atom. The predicted molar refractivity (Wildman–Crippen MR) is 80.7 cm³/mol. The third-order valence-electron chi connectivity index (χ3n) is 3.23. The Balaban J connectivity index is 1.89. The van der Waals surface area contributed by atoms with Crippen LogP contribution >= 0.6 is 0 Å². The lowest BCUT2D eigenvalue weighted by molar-refractivity contribution is 0.578. The Labute approximate surface area is 128 Å². The molecule has 114 valence electrons. The highest BCUT2D eigenvalue weighted by Gasteiger charge is 2.16. The maximum absolute atomic E-state index is 12.2. The van der Waals surface area contributed by atoms with Crippen LogP contribution < -0.4 is 4.72 Å². The molecule has 0 unspecified atom stereocenters. The Hall–Kier alpha value is -2.32. The van der Waals surface area contributed by atoms with Crippen molar-refractivity contribution in [3.8, 4) is 0 Å². The van der Waals surface area contributed by atoms with Gasteiger partial charge in [-0.05, 0) is 32.0 Å². The molecule has 0 aliphatic rings. The smallest absolute Gasteiger partial charge is 0.255 e. The van der Waals surface area contributed by atoms with Crippen molar-refractivity contribution in [1.29, 1.82) is 0 Å². The summed E-state index contributed by atoms with van der Waals surface area (Å²) in [6, 6.07) is 10.1. The molecule has 0 bridgehead atoms. The van der Waals surface area contributed by atoms with Gasteiger partial charge in [0.25, 0.3) is 5.78 Å². The van der Waals surface area contributed by atoms with Crippen LogP contribution in [0, 0.1) is 13.8 Å². The van der Waals surface area contributed by atoms with E-state index in [2.05, 4.69) is 19.9 Å². The molecular weight excluding hydrogens is 302 g/mol. The number of hydrogen-bond acceptors (Lipinski definition) is 5. The molecule has 1 N–H and O–H groups in total. The van der Waals surface area contributed by atoms with Crippen LogP contribution in [0.5, 0.6) is 0 Å². The van der Waals surface area contributed by atoms with Crippen molar-refractivity contribution in [3.05, 3.63) is 53.6 Å². The van der Waals surface area contributed by atoms with Crippen molar-refractivity contribution in [3.63, 3.8) is 0 Å². The minimum atomic E-state index is -3.58. The van der Waals surface area contributed by atoms with Crippen LogP contribution in [-0.2, 0) is 16.6 Å². The summed E-state index contributed by atoms with van der Waals surface area (Å²) >= 11 is 0. The van der Waals surface area contributed by atoms with Crippen molar-refractivity contribution in [2.24, 2.45) is 0 Å². The van der Waals surface area contributed by atoms with Crippen LogP contribution in [0.15, 0.2) is 41.3 Å². The number of nitrogens with one attached hydrogen (secondary N) is 1. The molecule has 3 rings (SSSR count). The second-order valence-electron chi connectivity index (χ2n) is 4.93. The standard InChI is InChI=1S/C14H15N5O2S/c1-10-8-11(2)19-13(17-18-14(19)16-10)9-15-22(20,21)12-6-4-3-5-7-12/h3-8,15H,9H2,1-2H3. The molecule has 8 heteroatoms. The molecule has 0 atom stereocenters. The molecule has 0 fully saturated rings. The summed E-state index contributed by atoms with van der Waals surface area (Å²) in [5.74, 6) is 0.964. The second-order valence-corrected chi connectivity index (χ2v) is 6.70. The monoisotopic (exact) mass is 317 g/mol. The van der Waals surface area contributed by atoms with E-state index in [0.29, 0.717) is 11.6 Å². The molecule has 0 amide bonds. The quantitative estimate of drug-likeness (QED) is 0.781. The molecule has 0 saturated heterocycles. The maximum Gasteiger partial charge on any atom is 0.255 e. The Morgan fingerprint density at radius 1 is 1.14 bits per heavy atom. The van der Waals surface area contributed by atoms with Gasteiger partial charge in [-0.3, -0.25) is 4.40 Å². The summed E-state index contributed by atoms with van der Waals surface area (Å²) in [7, 11) is -3.58. The van der Waals surface area contributed by atoms with E-state index >= 15 is 0 Å². The summed E-state index contributed by atoms with van der Waals surface area (Å²) in [6.07, 6.45) is 0. The van der Waals surface area contributed by atoms with Gasteiger partial charge in [0.2, 0.25) is 10.0 Å². The van der Waals surface area contributed by atoms with E-state index in [1.807, 2.05) is 19.9 Å². The fraction of sp³-hybridized carbons (Fsp3) is 0.214. The van der Waals surface area contributed by atoms with Gasteiger partial charge in [-0.15, -0.1) is 10.2 Å². The molecule has 0 saturated carbocycles. The Bertz CT molecular complexity index is 919. The van der Waals surface area contributed by atoms with Crippen LogP contribution in [0.2, 0.25) is 0 Å². The number of aromatic nitrogens is 4. The number of aryl methyl sites for hydroxylation is 2. The van der Waals surface area contributed by atoms with Gasteiger partial charge in [0.15, 0.2) is 5.82 Å². The minimum Gasteiger partial charge on any atom is -0.266 e. The second kappa shape index (κ2) is 5.47. The molecule has 2 aromatic heterocycles. The summed E-state index contributed by atoms with van der Waals surface area (Å²) in [5.41, 5.74) is 1.75. The van der Waals surface area contributed by atoms with Gasteiger partial charge in [-0.1, -0.05) is 18.2 Å². The third kappa shape index (κ3) is 2.70. The number of fused-ring (bicyclic) bond motifs is 1. The van der Waals surface area contributed by atoms with E-state index in [1.54, 1.807) is 34.7 Å². The Kier molecular flexibility index (Phi) is 3.63. The van der Waals surface area contributed by atoms with Gasteiger partial charge in [-0.25, -0.2) is 18.1 Å². The molecule has 0 aliphatic carbocycles. The molecule has 0 radical (unpaired) electrons. The molecule has 22 heavy (non-hydrogen) atoms. The van der Waals surface area contributed by atoms with Crippen LogP contribution in [0.3, 0.4) is 0 Å². The largest absolute Gasteiger partial charge is 0.266 e. The SMILES string of the molecule is Cc1cc(C)n2c(CNS(=O)(=O)c3ccccc3)nnc2n1. The summed E-state index contributed by atoms with van der Waals surface area (Å²) in [5, 5.41) is 8.00. The van der Waals surface area contributed by atoms with E-state index in [1.165, 1.54) is 0 Å². The third-order valence-corrected chi connectivity index (χ3v) is 4.65. The maximum atomic E-state index is 12.2. The first-order chi connectivity index (χ1) is 10.5. The Morgan fingerprint density at radius 2 is 1.86 bits per heavy atom. The van der Waals surface area contributed by atoms with E-state index in [4.69, 9.17) is 0 Å². The topological polar surface area (TPSA) is 89.2 Å². The predicted octanol–water partition coefficient (Wildman–Crippen LogP) is 1.22. The molecule has 0 spiro atoms. The molecule has 3 aromatic rings. The lowest BCUT2D eigenvalue weighted by Gasteiger charge is -2.07. The van der Waals surface area contributed by atoms with Crippen LogP contribution in [0.4, 0.5) is 0 Å². The fourth-order valence-electron chi connectivity index (χ4n) is 2.25. The normalized spacial score (nSPS) is 11.9. The molecule has 1 aromatic carbocycles. The van der Waals surface area contributed by atoms with Crippen molar-refractivity contribution in [1.82, 2.24) is 24.3 Å².